The molecule has 1 heterocycles. The number of carbonyl (C=O) groups excluding carboxylic acids is 1. The van der Waals surface area contributed by atoms with Crippen LogP contribution < -0.4 is 5.32 Å². The van der Waals surface area contributed by atoms with Gasteiger partial charge in [-0.2, -0.15) is 4.31 Å². The van der Waals surface area contributed by atoms with Gasteiger partial charge in [0.15, 0.2) is 0 Å². The molecule has 2 N–H and O–H groups in total. The summed E-state index contributed by atoms with van der Waals surface area (Å²) >= 11 is 0. The highest BCUT2D eigenvalue weighted by molar-refractivity contribution is 7.89. The predicted octanol–water partition coefficient (Wildman–Crippen LogP) is 0.291. The van der Waals surface area contributed by atoms with Crippen LogP contribution in [0.3, 0.4) is 0 Å². The van der Waals surface area contributed by atoms with Crippen LogP contribution in [0.1, 0.15) is 12.8 Å². The van der Waals surface area contributed by atoms with E-state index in [4.69, 9.17) is 0 Å². The zero-order chi connectivity index (χ0) is 14.0. The average Bonchev–Trinajstić information content (AvgIpc) is 2.87. The maximum Gasteiger partial charge on any atom is 0.243 e. The SMILES string of the molecule is CNC(=O)C1CCCN1S(=O)(=O)c1cccc(O)c1. The van der Waals surface area contributed by atoms with Crippen molar-refractivity contribution in [3.8, 4) is 5.75 Å². The van der Waals surface area contributed by atoms with Crippen molar-refractivity contribution in [1.29, 1.82) is 0 Å². The molecule has 0 aliphatic carbocycles. The monoisotopic (exact) mass is 284 g/mol. The van der Waals surface area contributed by atoms with Gasteiger partial charge in [0.05, 0.1) is 4.90 Å². The lowest BCUT2D eigenvalue weighted by Gasteiger charge is -2.22. The Bertz CT molecular complexity index is 585. The molecule has 0 bridgehead atoms. The van der Waals surface area contributed by atoms with Crippen molar-refractivity contribution in [2.75, 3.05) is 13.6 Å². The largest absolute Gasteiger partial charge is 0.508 e. The van der Waals surface area contributed by atoms with E-state index in [1.165, 1.54) is 35.6 Å². The summed E-state index contributed by atoms with van der Waals surface area (Å²) in [6.45, 7) is 0.316. The first-order valence-corrected chi connectivity index (χ1v) is 7.43. The molecule has 1 unspecified atom stereocenters. The summed E-state index contributed by atoms with van der Waals surface area (Å²) in [4.78, 5) is 11.7. The van der Waals surface area contributed by atoms with Crippen molar-refractivity contribution in [1.82, 2.24) is 9.62 Å². The molecule has 1 fully saturated rings. The molecule has 0 saturated carbocycles. The molecular formula is C12H16N2O4S. The van der Waals surface area contributed by atoms with Crippen molar-refractivity contribution in [3.63, 3.8) is 0 Å². The first-order chi connectivity index (χ1) is 8.96. The second kappa shape index (κ2) is 5.18. The summed E-state index contributed by atoms with van der Waals surface area (Å²) in [7, 11) is -2.27. The Morgan fingerprint density at radius 1 is 1.47 bits per heavy atom. The molecule has 2 rings (SSSR count). The molecule has 1 aromatic rings. The van der Waals surface area contributed by atoms with E-state index in [1.807, 2.05) is 0 Å². The number of hydrogen-bond donors (Lipinski definition) is 2. The number of benzene rings is 1. The van der Waals surface area contributed by atoms with E-state index in [9.17, 15) is 18.3 Å². The zero-order valence-electron chi connectivity index (χ0n) is 10.5. The number of carbonyl (C=O) groups is 1. The lowest BCUT2D eigenvalue weighted by atomic mass is 10.2. The maximum atomic E-state index is 12.5. The normalized spacial score (nSPS) is 20.4. The molecule has 1 amide bonds. The van der Waals surface area contributed by atoms with Gasteiger partial charge < -0.3 is 10.4 Å². The Kier molecular flexibility index (Phi) is 3.77. The van der Waals surface area contributed by atoms with Gasteiger partial charge >= 0.3 is 0 Å². The van der Waals surface area contributed by atoms with Crippen molar-refractivity contribution < 1.29 is 18.3 Å². The summed E-state index contributed by atoms with van der Waals surface area (Å²) in [6.07, 6.45) is 1.16. The van der Waals surface area contributed by atoms with Crippen LogP contribution in [0.25, 0.3) is 0 Å². The predicted molar refractivity (Wildman–Crippen MR) is 69.1 cm³/mol. The summed E-state index contributed by atoms with van der Waals surface area (Å²) in [5.74, 6) is -0.419. The molecule has 1 aliphatic rings. The number of phenolic OH excluding ortho intramolecular Hbond substituents is 1. The third-order valence-corrected chi connectivity index (χ3v) is 5.08. The van der Waals surface area contributed by atoms with Crippen molar-refractivity contribution in [3.05, 3.63) is 24.3 Å². The quantitative estimate of drug-likeness (QED) is 0.835. The number of phenols is 1. The highest BCUT2D eigenvalue weighted by Crippen LogP contribution is 2.27. The highest BCUT2D eigenvalue weighted by atomic mass is 32.2. The van der Waals surface area contributed by atoms with Crippen LogP contribution in [0, 0.1) is 0 Å². The molecule has 0 spiro atoms. The summed E-state index contributed by atoms with van der Waals surface area (Å²) in [6, 6.07) is 4.80. The van der Waals surface area contributed by atoms with Gasteiger partial charge in [0.2, 0.25) is 15.9 Å². The van der Waals surface area contributed by atoms with Crippen LogP contribution >= 0.6 is 0 Å². The van der Waals surface area contributed by atoms with E-state index in [0.29, 0.717) is 19.4 Å². The van der Waals surface area contributed by atoms with Gasteiger partial charge in [-0.25, -0.2) is 8.42 Å². The number of amides is 1. The topological polar surface area (TPSA) is 86.7 Å². The summed E-state index contributed by atoms with van der Waals surface area (Å²) in [5, 5.41) is 11.9. The van der Waals surface area contributed by atoms with Gasteiger partial charge in [0, 0.05) is 13.6 Å². The van der Waals surface area contributed by atoms with E-state index < -0.39 is 16.1 Å². The summed E-state index contributed by atoms with van der Waals surface area (Å²) < 4.78 is 26.1. The van der Waals surface area contributed by atoms with Gasteiger partial charge in [-0.3, -0.25) is 4.79 Å². The first-order valence-electron chi connectivity index (χ1n) is 5.99. The van der Waals surface area contributed by atoms with E-state index >= 15 is 0 Å². The van der Waals surface area contributed by atoms with E-state index in [2.05, 4.69) is 5.32 Å². The number of sulfonamides is 1. The van der Waals surface area contributed by atoms with Gasteiger partial charge in [-0.1, -0.05) is 6.07 Å². The molecule has 0 radical (unpaired) electrons. The molecule has 19 heavy (non-hydrogen) atoms. The standard InChI is InChI=1S/C12H16N2O4S/c1-13-12(16)11-6-3-7-14(11)19(17,18)10-5-2-4-9(15)8-10/h2,4-5,8,11,15H,3,6-7H2,1H3,(H,13,16). The first kappa shape index (κ1) is 13.8. The molecule has 0 aromatic heterocycles. The molecule has 104 valence electrons. The van der Waals surface area contributed by atoms with Crippen molar-refractivity contribution in [2.24, 2.45) is 0 Å². The van der Waals surface area contributed by atoms with Gasteiger partial charge in [0.25, 0.3) is 0 Å². The molecule has 7 heteroatoms. The highest BCUT2D eigenvalue weighted by Gasteiger charge is 2.39. The number of likely N-dealkylation sites (N-methyl/N-ethyl adjacent to an activating group) is 1. The Hall–Kier alpha value is -1.60. The van der Waals surface area contributed by atoms with E-state index in [1.54, 1.807) is 0 Å². The zero-order valence-corrected chi connectivity index (χ0v) is 11.4. The molecular weight excluding hydrogens is 268 g/mol. The maximum absolute atomic E-state index is 12.5. The number of hydrogen-bond acceptors (Lipinski definition) is 4. The molecule has 1 saturated heterocycles. The van der Waals surface area contributed by atoms with Crippen LogP contribution in [-0.4, -0.2) is 43.4 Å². The minimum absolute atomic E-state index is 0.00306. The molecule has 1 aliphatic heterocycles. The Balaban J connectivity index is 2.36. The lowest BCUT2D eigenvalue weighted by Crippen LogP contribution is -2.44. The van der Waals surface area contributed by atoms with E-state index in [0.717, 1.165) is 0 Å². The molecule has 1 aromatic carbocycles. The van der Waals surface area contributed by atoms with E-state index in [-0.39, 0.29) is 16.6 Å². The van der Waals surface area contributed by atoms with Crippen LogP contribution in [-0.2, 0) is 14.8 Å². The fraction of sp³-hybridized carbons (Fsp3) is 0.417. The fourth-order valence-corrected chi connectivity index (χ4v) is 3.93. The fourth-order valence-electron chi connectivity index (χ4n) is 2.24. The van der Waals surface area contributed by atoms with Crippen LogP contribution in [0.5, 0.6) is 5.75 Å². The third kappa shape index (κ3) is 2.57. The van der Waals surface area contributed by atoms with Crippen LogP contribution in [0.4, 0.5) is 0 Å². The number of nitrogens with zero attached hydrogens (tertiary/aromatic N) is 1. The van der Waals surface area contributed by atoms with Gasteiger partial charge in [0.1, 0.15) is 11.8 Å². The van der Waals surface area contributed by atoms with Gasteiger partial charge in [-0.05, 0) is 31.0 Å². The minimum atomic E-state index is -3.75. The molecule has 1 atom stereocenters. The Morgan fingerprint density at radius 2 is 2.21 bits per heavy atom. The lowest BCUT2D eigenvalue weighted by molar-refractivity contribution is -0.123. The average molecular weight is 284 g/mol. The number of nitrogens with one attached hydrogen (secondary N) is 1. The Morgan fingerprint density at radius 3 is 2.84 bits per heavy atom. The number of aromatic hydroxyl groups is 1. The van der Waals surface area contributed by atoms with Crippen molar-refractivity contribution >= 4 is 15.9 Å². The van der Waals surface area contributed by atoms with Gasteiger partial charge in [-0.15, -0.1) is 0 Å². The second-order valence-electron chi connectivity index (χ2n) is 4.39. The summed E-state index contributed by atoms with van der Waals surface area (Å²) in [5.41, 5.74) is 0. The smallest absolute Gasteiger partial charge is 0.243 e. The number of rotatable bonds is 3. The van der Waals surface area contributed by atoms with Crippen LogP contribution in [0.15, 0.2) is 29.2 Å². The Labute approximate surface area is 112 Å². The molecule has 6 nitrogen and oxygen atoms in total. The third-order valence-electron chi connectivity index (χ3n) is 3.18. The van der Waals surface area contributed by atoms with Crippen molar-refractivity contribution in [2.45, 2.75) is 23.8 Å². The van der Waals surface area contributed by atoms with Crippen LogP contribution in [0.2, 0.25) is 0 Å². The second-order valence-corrected chi connectivity index (χ2v) is 6.28. The minimum Gasteiger partial charge on any atom is -0.508 e.